The van der Waals surface area contributed by atoms with E-state index in [2.05, 4.69) is 34.5 Å². The van der Waals surface area contributed by atoms with Gasteiger partial charge in [0.05, 0.1) is 0 Å². The van der Waals surface area contributed by atoms with Gasteiger partial charge in [-0.3, -0.25) is 0 Å². The number of tetrazole rings is 1. The molecule has 0 unspecified atom stereocenters. The number of aromatic amines is 1. The molecule has 1 aromatic heterocycles. The van der Waals surface area contributed by atoms with E-state index in [1.165, 1.54) is 12.8 Å². The molecule has 0 bridgehead atoms. The van der Waals surface area contributed by atoms with Gasteiger partial charge in [0.2, 0.25) is 0 Å². The van der Waals surface area contributed by atoms with Crippen LogP contribution in [0.5, 0.6) is 0 Å². The van der Waals surface area contributed by atoms with Crippen molar-refractivity contribution >= 4 is 0 Å². The summed E-state index contributed by atoms with van der Waals surface area (Å²) in [7, 11) is 0. The van der Waals surface area contributed by atoms with Crippen LogP contribution in [0.2, 0.25) is 0 Å². The molecule has 0 saturated heterocycles. The molecule has 15 heavy (non-hydrogen) atoms. The summed E-state index contributed by atoms with van der Waals surface area (Å²) < 4.78 is 0. The normalized spacial score (nSPS) is 35.9. The molecule has 1 fully saturated rings. The molecule has 2 rings (SSSR count). The predicted octanol–water partition coefficient (Wildman–Crippen LogP) is 0.753. The van der Waals surface area contributed by atoms with Crippen molar-refractivity contribution in [3.63, 3.8) is 0 Å². The average molecular weight is 209 g/mol. The molecule has 1 aliphatic rings. The second-order valence-corrected chi connectivity index (χ2v) is 5.09. The van der Waals surface area contributed by atoms with E-state index >= 15 is 0 Å². The zero-order valence-corrected chi connectivity index (χ0v) is 9.40. The number of nitrogens with zero attached hydrogens (tertiary/aromatic N) is 3. The fraction of sp³-hybridized carbons (Fsp3) is 0.900. The molecule has 0 aromatic carbocycles. The predicted molar refractivity (Wildman–Crippen MR) is 56.9 cm³/mol. The van der Waals surface area contributed by atoms with Crippen molar-refractivity contribution in [1.29, 1.82) is 0 Å². The molecule has 3 N–H and O–H groups in total. The van der Waals surface area contributed by atoms with Crippen LogP contribution < -0.4 is 5.73 Å². The van der Waals surface area contributed by atoms with Gasteiger partial charge in [-0.1, -0.05) is 13.8 Å². The van der Waals surface area contributed by atoms with Gasteiger partial charge in [-0.15, -0.1) is 5.10 Å². The third kappa shape index (κ3) is 2.02. The molecule has 1 aliphatic carbocycles. The van der Waals surface area contributed by atoms with Gasteiger partial charge in [0.15, 0.2) is 0 Å². The van der Waals surface area contributed by atoms with Crippen molar-refractivity contribution in [2.45, 2.75) is 33.1 Å². The van der Waals surface area contributed by atoms with Crippen molar-refractivity contribution in [2.75, 3.05) is 6.54 Å². The van der Waals surface area contributed by atoms with E-state index in [1.807, 2.05) is 0 Å². The summed E-state index contributed by atoms with van der Waals surface area (Å²) in [5.74, 6) is 2.37. The van der Waals surface area contributed by atoms with Crippen molar-refractivity contribution in [2.24, 2.45) is 23.0 Å². The molecule has 5 nitrogen and oxygen atoms in total. The van der Waals surface area contributed by atoms with E-state index in [-0.39, 0.29) is 5.41 Å². The zero-order chi connectivity index (χ0) is 10.9. The lowest BCUT2D eigenvalue weighted by atomic mass is 9.81. The van der Waals surface area contributed by atoms with E-state index < -0.39 is 0 Å². The second-order valence-electron chi connectivity index (χ2n) is 5.09. The summed E-state index contributed by atoms with van der Waals surface area (Å²) in [6, 6.07) is 0. The summed E-state index contributed by atoms with van der Waals surface area (Å²) in [5, 5.41) is 14.0. The maximum atomic E-state index is 5.93. The largest absolute Gasteiger partial charge is 0.330 e. The lowest BCUT2D eigenvalue weighted by Gasteiger charge is -2.26. The Balaban J connectivity index is 2.10. The van der Waals surface area contributed by atoms with Gasteiger partial charge in [-0.2, -0.15) is 0 Å². The summed E-state index contributed by atoms with van der Waals surface area (Å²) in [5.41, 5.74) is 6.14. The van der Waals surface area contributed by atoms with E-state index in [4.69, 9.17) is 5.73 Å². The van der Waals surface area contributed by atoms with Crippen LogP contribution in [0, 0.1) is 17.3 Å². The Morgan fingerprint density at radius 1 is 1.40 bits per heavy atom. The fourth-order valence-corrected chi connectivity index (χ4v) is 2.84. The Hall–Kier alpha value is -0.970. The first-order valence-corrected chi connectivity index (χ1v) is 5.58. The first-order valence-electron chi connectivity index (χ1n) is 5.58. The van der Waals surface area contributed by atoms with Gasteiger partial charge in [-0.25, -0.2) is 5.10 Å². The molecule has 0 amide bonds. The number of H-pyrrole nitrogens is 1. The van der Waals surface area contributed by atoms with Crippen molar-refractivity contribution in [1.82, 2.24) is 20.6 Å². The summed E-state index contributed by atoms with van der Waals surface area (Å²) in [4.78, 5) is 0. The van der Waals surface area contributed by atoms with Gasteiger partial charge in [0, 0.05) is 6.42 Å². The minimum Gasteiger partial charge on any atom is -0.330 e. The van der Waals surface area contributed by atoms with Gasteiger partial charge in [0.1, 0.15) is 5.82 Å². The molecule has 1 aromatic rings. The lowest BCUT2D eigenvalue weighted by molar-refractivity contribution is 0.285. The highest BCUT2D eigenvalue weighted by molar-refractivity contribution is 4.98. The van der Waals surface area contributed by atoms with Gasteiger partial charge in [0.25, 0.3) is 0 Å². The zero-order valence-electron chi connectivity index (χ0n) is 9.40. The summed E-state index contributed by atoms with van der Waals surface area (Å²) in [6.45, 7) is 5.34. The molecule has 3 atom stereocenters. The third-order valence-electron chi connectivity index (χ3n) is 3.85. The van der Waals surface area contributed by atoms with Crippen LogP contribution in [0.25, 0.3) is 0 Å². The smallest absolute Gasteiger partial charge is 0.149 e. The monoisotopic (exact) mass is 209 g/mol. The Labute approximate surface area is 89.8 Å². The van der Waals surface area contributed by atoms with Gasteiger partial charge >= 0.3 is 0 Å². The van der Waals surface area contributed by atoms with Crippen LogP contribution in [-0.4, -0.2) is 27.2 Å². The highest BCUT2D eigenvalue weighted by atomic mass is 15.5. The van der Waals surface area contributed by atoms with Crippen LogP contribution in [0.15, 0.2) is 0 Å². The molecule has 1 heterocycles. The average Bonchev–Trinajstić information content (AvgIpc) is 2.78. The minimum atomic E-state index is 0.208. The maximum absolute atomic E-state index is 5.93. The Morgan fingerprint density at radius 2 is 2.07 bits per heavy atom. The fourth-order valence-electron chi connectivity index (χ4n) is 2.84. The number of nitrogens with two attached hydrogens (primary N) is 1. The number of hydrogen-bond acceptors (Lipinski definition) is 4. The molecular weight excluding hydrogens is 190 g/mol. The van der Waals surface area contributed by atoms with Crippen LogP contribution >= 0.6 is 0 Å². The number of nitrogens with one attached hydrogen (secondary N) is 1. The Bertz CT molecular complexity index is 298. The first kappa shape index (κ1) is 10.5. The highest BCUT2D eigenvalue weighted by Crippen LogP contribution is 2.46. The molecular formula is C10H19N5. The molecule has 1 saturated carbocycles. The number of hydrogen-bond donors (Lipinski definition) is 2. The number of aromatic nitrogens is 4. The summed E-state index contributed by atoms with van der Waals surface area (Å²) in [6.07, 6.45) is 3.25. The van der Waals surface area contributed by atoms with Crippen LogP contribution in [-0.2, 0) is 6.42 Å². The SMILES string of the molecule is C[C@@H]1C[C@](CN)(Cc2nnn[nH]2)C[C@@H]1C. The Kier molecular flexibility index (Phi) is 2.73. The van der Waals surface area contributed by atoms with Crippen molar-refractivity contribution < 1.29 is 0 Å². The molecule has 0 spiro atoms. The van der Waals surface area contributed by atoms with E-state index in [9.17, 15) is 0 Å². The van der Waals surface area contributed by atoms with Crippen LogP contribution in [0.4, 0.5) is 0 Å². The second kappa shape index (κ2) is 3.89. The molecule has 84 valence electrons. The highest BCUT2D eigenvalue weighted by Gasteiger charge is 2.41. The minimum absolute atomic E-state index is 0.208. The van der Waals surface area contributed by atoms with Crippen LogP contribution in [0.1, 0.15) is 32.5 Å². The quantitative estimate of drug-likeness (QED) is 0.770. The van der Waals surface area contributed by atoms with Crippen molar-refractivity contribution in [3.05, 3.63) is 5.82 Å². The first-order chi connectivity index (χ1) is 7.15. The standard InChI is InChI=1S/C10H19N5/c1-7-3-10(6-11,4-8(7)2)5-9-12-14-15-13-9/h7-8H,3-6,11H2,1-2H3,(H,12,13,14,15)/t7-,8+,10-. The van der Waals surface area contributed by atoms with Crippen molar-refractivity contribution in [3.8, 4) is 0 Å². The maximum Gasteiger partial charge on any atom is 0.149 e. The van der Waals surface area contributed by atoms with E-state index in [0.29, 0.717) is 0 Å². The Morgan fingerprint density at radius 3 is 2.53 bits per heavy atom. The molecule has 0 radical (unpaired) electrons. The van der Waals surface area contributed by atoms with E-state index in [0.717, 1.165) is 30.6 Å². The van der Waals surface area contributed by atoms with Gasteiger partial charge < -0.3 is 5.73 Å². The van der Waals surface area contributed by atoms with Gasteiger partial charge in [-0.05, 0) is 47.1 Å². The summed E-state index contributed by atoms with van der Waals surface area (Å²) >= 11 is 0. The lowest BCUT2D eigenvalue weighted by Crippen LogP contribution is -2.31. The van der Waals surface area contributed by atoms with Crippen LogP contribution in [0.3, 0.4) is 0 Å². The third-order valence-corrected chi connectivity index (χ3v) is 3.85. The molecule has 5 heteroatoms. The topological polar surface area (TPSA) is 80.5 Å². The molecule has 0 aliphatic heterocycles. The van der Waals surface area contributed by atoms with E-state index in [1.54, 1.807) is 0 Å². The number of rotatable bonds is 3.